The monoisotopic (exact) mass is 485 g/mol. The van der Waals surface area contributed by atoms with E-state index in [9.17, 15) is 0 Å². The van der Waals surface area contributed by atoms with Gasteiger partial charge in [-0.1, -0.05) is 32.9 Å². The van der Waals surface area contributed by atoms with Gasteiger partial charge in [0.15, 0.2) is 5.58 Å². The lowest BCUT2D eigenvalue weighted by Gasteiger charge is -2.19. The predicted molar refractivity (Wildman–Crippen MR) is 144 cm³/mol. The molecule has 1 aliphatic rings. The molecule has 0 bridgehead atoms. The summed E-state index contributed by atoms with van der Waals surface area (Å²) >= 11 is 0. The van der Waals surface area contributed by atoms with Crippen LogP contribution in [0.4, 0.5) is 0 Å². The molecule has 6 heteroatoms. The van der Waals surface area contributed by atoms with Crippen LogP contribution in [0, 0.1) is 0 Å². The van der Waals surface area contributed by atoms with Crippen molar-refractivity contribution in [2.75, 3.05) is 26.2 Å². The van der Waals surface area contributed by atoms with E-state index in [0.717, 1.165) is 55.1 Å². The van der Waals surface area contributed by atoms with Crippen molar-refractivity contribution in [3.8, 4) is 28.7 Å². The van der Waals surface area contributed by atoms with Crippen LogP contribution in [0.15, 0.2) is 71.1 Å². The third kappa shape index (κ3) is 5.89. The van der Waals surface area contributed by atoms with Crippen molar-refractivity contribution in [2.45, 2.75) is 45.1 Å². The van der Waals surface area contributed by atoms with E-state index in [4.69, 9.17) is 19.6 Å². The van der Waals surface area contributed by atoms with Crippen molar-refractivity contribution in [3.63, 3.8) is 0 Å². The normalized spacial score (nSPS) is 16.5. The molecule has 1 saturated heterocycles. The Hall–Kier alpha value is -3.35. The Morgan fingerprint density at radius 3 is 2.39 bits per heavy atom. The molecule has 36 heavy (non-hydrogen) atoms. The third-order valence-corrected chi connectivity index (χ3v) is 6.61. The maximum Gasteiger partial charge on any atom is 0.227 e. The fourth-order valence-corrected chi connectivity index (χ4v) is 4.49. The van der Waals surface area contributed by atoms with E-state index in [1.807, 2.05) is 54.6 Å². The average molecular weight is 486 g/mol. The highest BCUT2D eigenvalue weighted by molar-refractivity contribution is 5.77. The van der Waals surface area contributed by atoms with Gasteiger partial charge in [-0.25, -0.2) is 4.98 Å². The van der Waals surface area contributed by atoms with Gasteiger partial charge in [0.25, 0.3) is 0 Å². The molecule has 1 fully saturated rings. The summed E-state index contributed by atoms with van der Waals surface area (Å²) in [6.07, 6.45) is 2.09. The van der Waals surface area contributed by atoms with Crippen molar-refractivity contribution in [2.24, 2.45) is 5.73 Å². The molecule has 1 aromatic heterocycles. The molecular formula is C30H35N3O3. The van der Waals surface area contributed by atoms with Crippen LogP contribution in [0.5, 0.6) is 17.2 Å². The number of nitrogens with zero attached hydrogens (tertiary/aromatic N) is 2. The Morgan fingerprint density at radius 1 is 0.972 bits per heavy atom. The highest BCUT2D eigenvalue weighted by Gasteiger charge is 2.18. The number of hydrogen-bond acceptors (Lipinski definition) is 6. The molecule has 1 aliphatic heterocycles. The molecule has 0 saturated carbocycles. The number of oxazole rings is 1. The molecule has 4 aromatic rings. The van der Waals surface area contributed by atoms with Gasteiger partial charge in [-0.2, -0.15) is 0 Å². The average Bonchev–Trinajstić information content (AvgIpc) is 3.47. The summed E-state index contributed by atoms with van der Waals surface area (Å²) in [6, 6.07) is 22.2. The van der Waals surface area contributed by atoms with Crippen LogP contribution in [-0.2, 0) is 5.41 Å². The minimum Gasteiger partial charge on any atom is -0.494 e. The maximum atomic E-state index is 6.06. The highest BCUT2D eigenvalue weighted by atomic mass is 16.5. The second kappa shape index (κ2) is 10.3. The van der Waals surface area contributed by atoms with E-state index < -0.39 is 0 Å². The van der Waals surface area contributed by atoms with E-state index in [2.05, 4.69) is 42.8 Å². The molecule has 6 nitrogen and oxygen atoms in total. The van der Waals surface area contributed by atoms with Crippen molar-refractivity contribution in [1.82, 2.24) is 9.88 Å². The molecular weight excluding hydrogens is 450 g/mol. The van der Waals surface area contributed by atoms with Gasteiger partial charge in [0.1, 0.15) is 22.8 Å². The van der Waals surface area contributed by atoms with Gasteiger partial charge in [-0.15, -0.1) is 0 Å². The summed E-state index contributed by atoms with van der Waals surface area (Å²) in [5, 5.41) is 0. The van der Waals surface area contributed by atoms with Crippen LogP contribution < -0.4 is 15.2 Å². The van der Waals surface area contributed by atoms with Crippen LogP contribution in [0.1, 0.15) is 39.2 Å². The SMILES string of the molecule is CC(C)(C)c1ccc(Oc2ccc3nc(-c4ccc(OCCCN5CC[C@H](N)C5)cc4)oc3c2)cc1. The summed E-state index contributed by atoms with van der Waals surface area (Å²) in [5.41, 5.74) is 9.75. The molecule has 3 aromatic carbocycles. The number of aromatic nitrogens is 1. The van der Waals surface area contributed by atoms with Gasteiger partial charge >= 0.3 is 0 Å². The first-order valence-electron chi connectivity index (χ1n) is 12.7. The zero-order valence-electron chi connectivity index (χ0n) is 21.4. The Kier molecular flexibility index (Phi) is 6.99. The van der Waals surface area contributed by atoms with E-state index in [1.54, 1.807) is 0 Å². The highest BCUT2D eigenvalue weighted by Crippen LogP contribution is 2.31. The first-order valence-corrected chi connectivity index (χ1v) is 12.7. The van der Waals surface area contributed by atoms with E-state index >= 15 is 0 Å². The molecule has 1 atom stereocenters. The largest absolute Gasteiger partial charge is 0.494 e. The summed E-state index contributed by atoms with van der Waals surface area (Å²) in [7, 11) is 0. The lowest BCUT2D eigenvalue weighted by molar-refractivity contribution is 0.262. The number of ether oxygens (including phenoxy) is 2. The Bertz CT molecular complexity index is 1290. The standard InChI is InChI=1S/C30H35N3O3/c1-30(2,3)22-7-11-25(12-8-22)35-26-13-14-27-28(19-26)36-29(32-27)21-5-9-24(10-6-21)34-18-4-16-33-17-15-23(31)20-33/h5-14,19,23H,4,15-18,20,31H2,1-3H3/t23-/m0/s1. The van der Waals surface area contributed by atoms with Crippen LogP contribution >= 0.6 is 0 Å². The number of fused-ring (bicyclic) bond motifs is 1. The van der Waals surface area contributed by atoms with Crippen LogP contribution in [0.2, 0.25) is 0 Å². The Balaban J connectivity index is 1.19. The third-order valence-electron chi connectivity index (χ3n) is 6.61. The van der Waals surface area contributed by atoms with Crippen molar-refractivity contribution >= 4 is 11.1 Å². The van der Waals surface area contributed by atoms with Crippen molar-refractivity contribution in [1.29, 1.82) is 0 Å². The van der Waals surface area contributed by atoms with Crippen molar-refractivity contribution < 1.29 is 13.9 Å². The van der Waals surface area contributed by atoms with E-state index in [-0.39, 0.29) is 5.41 Å². The number of nitrogens with two attached hydrogens (primary N) is 1. The van der Waals surface area contributed by atoms with Gasteiger partial charge in [-0.3, -0.25) is 0 Å². The second-order valence-corrected chi connectivity index (χ2v) is 10.6. The van der Waals surface area contributed by atoms with E-state index in [0.29, 0.717) is 29.9 Å². The Labute approximate surface area is 213 Å². The number of rotatable bonds is 8. The van der Waals surface area contributed by atoms with Gasteiger partial charge in [0.2, 0.25) is 5.89 Å². The minimum absolute atomic E-state index is 0.112. The van der Waals surface area contributed by atoms with Gasteiger partial charge < -0.3 is 24.5 Å². The molecule has 2 N–H and O–H groups in total. The summed E-state index contributed by atoms with van der Waals surface area (Å²) < 4.78 is 18.0. The smallest absolute Gasteiger partial charge is 0.227 e. The zero-order valence-corrected chi connectivity index (χ0v) is 21.4. The Morgan fingerprint density at radius 2 is 1.69 bits per heavy atom. The molecule has 188 valence electrons. The summed E-state index contributed by atoms with van der Waals surface area (Å²) in [5.74, 6) is 2.94. The summed E-state index contributed by atoms with van der Waals surface area (Å²) in [6.45, 7) is 10.4. The van der Waals surface area contributed by atoms with Gasteiger partial charge in [0.05, 0.1) is 6.61 Å². The minimum atomic E-state index is 0.112. The number of hydrogen-bond donors (Lipinski definition) is 1. The molecule has 0 aliphatic carbocycles. The van der Waals surface area contributed by atoms with Crippen molar-refractivity contribution in [3.05, 3.63) is 72.3 Å². The van der Waals surface area contributed by atoms with Gasteiger partial charge in [0, 0.05) is 30.8 Å². The van der Waals surface area contributed by atoms with Crippen LogP contribution in [0.3, 0.4) is 0 Å². The molecule has 0 amide bonds. The van der Waals surface area contributed by atoms with E-state index in [1.165, 1.54) is 5.56 Å². The lowest BCUT2D eigenvalue weighted by Crippen LogP contribution is -2.28. The number of likely N-dealkylation sites (tertiary alicyclic amines) is 1. The zero-order chi connectivity index (χ0) is 25.1. The predicted octanol–water partition coefficient (Wildman–Crippen LogP) is 6.39. The van der Waals surface area contributed by atoms with Crippen LogP contribution in [-0.4, -0.2) is 42.2 Å². The lowest BCUT2D eigenvalue weighted by atomic mass is 9.87. The molecule has 0 spiro atoms. The quantitative estimate of drug-likeness (QED) is 0.292. The molecule has 2 heterocycles. The molecule has 0 radical (unpaired) electrons. The molecule has 5 rings (SSSR count). The second-order valence-electron chi connectivity index (χ2n) is 10.6. The number of benzene rings is 3. The van der Waals surface area contributed by atoms with Crippen LogP contribution in [0.25, 0.3) is 22.6 Å². The first-order chi connectivity index (χ1) is 17.3. The fourth-order valence-electron chi connectivity index (χ4n) is 4.49. The fraction of sp³-hybridized carbons (Fsp3) is 0.367. The topological polar surface area (TPSA) is 73.8 Å². The van der Waals surface area contributed by atoms with Gasteiger partial charge in [-0.05, 0) is 78.9 Å². The summed E-state index contributed by atoms with van der Waals surface area (Å²) in [4.78, 5) is 7.05. The first kappa shape index (κ1) is 24.3. The molecule has 0 unspecified atom stereocenters. The maximum absolute atomic E-state index is 6.06.